The summed E-state index contributed by atoms with van der Waals surface area (Å²) in [6, 6.07) is 9.05. The van der Waals surface area contributed by atoms with E-state index in [2.05, 4.69) is 10.5 Å². The number of aromatic hydroxyl groups is 1. The summed E-state index contributed by atoms with van der Waals surface area (Å²) in [6.45, 7) is 8.02. The summed E-state index contributed by atoms with van der Waals surface area (Å²) in [5.74, 6) is 0.680. The van der Waals surface area contributed by atoms with E-state index in [1.54, 1.807) is 18.2 Å². The molecule has 0 spiro atoms. The third-order valence-corrected chi connectivity index (χ3v) is 3.94. The summed E-state index contributed by atoms with van der Waals surface area (Å²) in [5, 5.41) is 13.9. The highest BCUT2D eigenvalue weighted by Crippen LogP contribution is 2.28. The standard InChI is InChI=1S/C20H24N2O4/c1-5-25-17-8-6-7-16(19(17)24)11-21-22-18(23)12-26-20-14(3)10-9-13(2)15(20)4/h6-11,24H,5,12H2,1-4H3,(H,22,23)/b21-11+. The maximum absolute atomic E-state index is 11.9. The molecule has 0 aliphatic heterocycles. The van der Waals surface area contributed by atoms with Crippen LogP contribution in [0.15, 0.2) is 35.4 Å². The molecule has 138 valence electrons. The Bertz CT molecular complexity index is 816. The minimum absolute atomic E-state index is 0.0189. The van der Waals surface area contributed by atoms with Crippen molar-refractivity contribution in [2.24, 2.45) is 5.10 Å². The highest BCUT2D eigenvalue weighted by Gasteiger charge is 2.09. The Morgan fingerprint density at radius 3 is 2.62 bits per heavy atom. The van der Waals surface area contributed by atoms with Gasteiger partial charge in [0.15, 0.2) is 18.1 Å². The summed E-state index contributed by atoms with van der Waals surface area (Å²) < 4.78 is 10.9. The molecule has 0 aliphatic carbocycles. The van der Waals surface area contributed by atoms with Crippen LogP contribution in [0.4, 0.5) is 0 Å². The quantitative estimate of drug-likeness (QED) is 0.589. The molecule has 2 aromatic carbocycles. The van der Waals surface area contributed by atoms with E-state index in [4.69, 9.17) is 9.47 Å². The van der Waals surface area contributed by atoms with Gasteiger partial charge in [-0.25, -0.2) is 5.43 Å². The number of phenols is 1. The van der Waals surface area contributed by atoms with Gasteiger partial charge in [-0.2, -0.15) is 5.10 Å². The molecule has 0 aromatic heterocycles. The van der Waals surface area contributed by atoms with Crippen molar-refractivity contribution in [1.82, 2.24) is 5.43 Å². The van der Waals surface area contributed by atoms with Gasteiger partial charge in [0, 0.05) is 5.56 Å². The van der Waals surface area contributed by atoms with Gasteiger partial charge in [0.2, 0.25) is 0 Å². The summed E-state index contributed by atoms with van der Waals surface area (Å²) in [7, 11) is 0. The first-order valence-corrected chi connectivity index (χ1v) is 8.40. The Morgan fingerprint density at radius 2 is 1.88 bits per heavy atom. The minimum Gasteiger partial charge on any atom is -0.504 e. The van der Waals surface area contributed by atoms with Gasteiger partial charge in [-0.3, -0.25) is 4.79 Å². The van der Waals surface area contributed by atoms with Crippen LogP contribution in [0.2, 0.25) is 0 Å². The van der Waals surface area contributed by atoms with Crippen molar-refractivity contribution in [3.05, 3.63) is 52.6 Å². The largest absolute Gasteiger partial charge is 0.504 e. The van der Waals surface area contributed by atoms with Gasteiger partial charge in [-0.05, 0) is 56.5 Å². The molecule has 0 saturated heterocycles. The van der Waals surface area contributed by atoms with E-state index >= 15 is 0 Å². The molecule has 0 aliphatic rings. The Morgan fingerprint density at radius 1 is 1.15 bits per heavy atom. The monoisotopic (exact) mass is 356 g/mol. The molecule has 6 heteroatoms. The highest BCUT2D eigenvalue weighted by molar-refractivity contribution is 5.86. The molecular weight excluding hydrogens is 332 g/mol. The Hall–Kier alpha value is -3.02. The van der Waals surface area contributed by atoms with Gasteiger partial charge >= 0.3 is 0 Å². The van der Waals surface area contributed by atoms with Crippen molar-refractivity contribution in [3.63, 3.8) is 0 Å². The number of ether oxygens (including phenoxy) is 2. The van der Waals surface area contributed by atoms with E-state index in [0.29, 0.717) is 23.7 Å². The Labute approximate surface area is 153 Å². The Kier molecular flexibility index (Phi) is 6.60. The first kappa shape index (κ1) is 19.3. The van der Waals surface area contributed by atoms with Crippen molar-refractivity contribution in [2.75, 3.05) is 13.2 Å². The van der Waals surface area contributed by atoms with E-state index in [9.17, 15) is 9.90 Å². The predicted octanol–water partition coefficient (Wildman–Crippen LogP) is 3.25. The zero-order valence-corrected chi connectivity index (χ0v) is 15.5. The molecule has 1 amide bonds. The number of benzene rings is 2. The van der Waals surface area contributed by atoms with Crippen molar-refractivity contribution < 1.29 is 19.4 Å². The van der Waals surface area contributed by atoms with E-state index < -0.39 is 0 Å². The maximum Gasteiger partial charge on any atom is 0.277 e. The van der Waals surface area contributed by atoms with Crippen molar-refractivity contribution in [1.29, 1.82) is 0 Å². The lowest BCUT2D eigenvalue weighted by atomic mass is 10.1. The molecule has 0 saturated carbocycles. The molecule has 0 fully saturated rings. The van der Waals surface area contributed by atoms with Crippen LogP contribution < -0.4 is 14.9 Å². The predicted molar refractivity (Wildman–Crippen MR) is 101 cm³/mol. The number of hydrogen-bond donors (Lipinski definition) is 2. The molecule has 2 N–H and O–H groups in total. The molecule has 26 heavy (non-hydrogen) atoms. The number of hydrogen-bond acceptors (Lipinski definition) is 5. The fraction of sp³-hybridized carbons (Fsp3) is 0.300. The van der Waals surface area contributed by atoms with Crippen LogP contribution >= 0.6 is 0 Å². The number of carbonyl (C=O) groups is 1. The van der Waals surface area contributed by atoms with Gasteiger partial charge in [-0.15, -0.1) is 0 Å². The molecule has 0 bridgehead atoms. The van der Waals surface area contributed by atoms with Crippen LogP contribution in [0.25, 0.3) is 0 Å². The third-order valence-electron chi connectivity index (χ3n) is 3.94. The third kappa shape index (κ3) is 4.75. The Balaban J connectivity index is 1.95. The number of phenolic OH excluding ortho intramolecular Hbond substituents is 1. The number of nitrogens with zero attached hydrogens (tertiary/aromatic N) is 1. The summed E-state index contributed by atoms with van der Waals surface area (Å²) >= 11 is 0. The van der Waals surface area contributed by atoms with Crippen LogP contribution in [-0.2, 0) is 4.79 Å². The topological polar surface area (TPSA) is 80.2 Å². The zero-order valence-electron chi connectivity index (χ0n) is 15.5. The van der Waals surface area contributed by atoms with E-state index in [1.807, 2.05) is 39.8 Å². The number of hydrazone groups is 1. The fourth-order valence-electron chi connectivity index (χ4n) is 2.41. The lowest BCUT2D eigenvalue weighted by molar-refractivity contribution is -0.123. The molecule has 6 nitrogen and oxygen atoms in total. The molecule has 0 atom stereocenters. The van der Waals surface area contributed by atoms with Gasteiger partial charge in [0.1, 0.15) is 5.75 Å². The van der Waals surface area contributed by atoms with E-state index in [0.717, 1.165) is 16.7 Å². The lowest BCUT2D eigenvalue weighted by Crippen LogP contribution is -2.25. The van der Waals surface area contributed by atoms with Crippen LogP contribution in [0.3, 0.4) is 0 Å². The average Bonchev–Trinajstić information content (AvgIpc) is 2.61. The van der Waals surface area contributed by atoms with Crippen LogP contribution in [0.1, 0.15) is 29.2 Å². The first-order valence-electron chi connectivity index (χ1n) is 8.40. The second kappa shape index (κ2) is 8.89. The van der Waals surface area contributed by atoms with Crippen LogP contribution in [0.5, 0.6) is 17.2 Å². The molecule has 0 radical (unpaired) electrons. The number of aryl methyl sites for hydroxylation is 2. The zero-order chi connectivity index (χ0) is 19.1. The number of nitrogens with one attached hydrogen (secondary N) is 1. The van der Waals surface area contributed by atoms with Crippen molar-refractivity contribution in [3.8, 4) is 17.2 Å². The summed E-state index contributed by atoms with van der Waals surface area (Å²) in [6.07, 6.45) is 1.36. The number of rotatable bonds is 7. The smallest absolute Gasteiger partial charge is 0.277 e. The number of carbonyl (C=O) groups excluding carboxylic acids is 1. The molecular formula is C20H24N2O4. The minimum atomic E-state index is -0.387. The molecule has 2 aromatic rings. The number of amides is 1. The average molecular weight is 356 g/mol. The van der Waals surface area contributed by atoms with E-state index in [-0.39, 0.29) is 18.3 Å². The van der Waals surface area contributed by atoms with Gasteiger partial charge in [0.25, 0.3) is 5.91 Å². The number of para-hydroxylation sites is 1. The van der Waals surface area contributed by atoms with E-state index in [1.165, 1.54) is 6.21 Å². The van der Waals surface area contributed by atoms with Crippen LogP contribution in [0, 0.1) is 20.8 Å². The lowest BCUT2D eigenvalue weighted by Gasteiger charge is -2.13. The van der Waals surface area contributed by atoms with Crippen LogP contribution in [-0.4, -0.2) is 30.4 Å². The molecule has 2 rings (SSSR count). The van der Waals surface area contributed by atoms with Gasteiger partial charge in [-0.1, -0.05) is 18.2 Å². The normalized spacial score (nSPS) is 10.8. The van der Waals surface area contributed by atoms with Gasteiger partial charge in [0.05, 0.1) is 12.8 Å². The highest BCUT2D eigenvalue weighted by atomic mass is 16.5. The second-order valence-corrected chi connectivity index (χ2v) is 5.86. The molecule has 0 unspecified atom stereocenters. The van der Waals surface area contributed by atoms with Gasteiger partial charge < -0.3 is 14.6 Å². The van der Waals surface area contributed by atoms with Crippen molar-refractivity contribution in [2.45, 2.75) is 27.7 Å². The SMILES string of the molecule is CCOc1cccc(/C=N/NC(=O)COc2c(C)ccc(C)c2C)c1O. The summed E-state index contributed by atoms with van der Waals surface area (Å²) in [4.78, 5) is 11.9. The van der Waals surface area contributed by atoms with Crippen molar-refractivity contribution >= 4 is 12.1 Å². The maximum atomic E-state index is 11.9. The molecule has 0 heterocycles. The summed E-state index contributed by atoms with van der Waals surface area (Å²) in [5.41, 5.74) is 5.93. The fourth-order valence-corrected chi connectivity index (χ4v) is 2.41. The first-order chi connectivity index (χ1) is 12.4. The second-order valence-electron chi connectivity index (χ2n) is 5.86.